The Morgan fingerprint density at radius 3 is 2.83 bits per heavy atom. The van der Waals surface area contributed by atoms with Crippen LogP contribution in [0.5, 0.6) is 0 Å². The second-order valence-corrected chi connectivity index (χ2v) is 5.41. The van der Waals surface area contributed by atoms with Crippen LogP contribution in [0.1, 0.15) is 26.6 Å². The van der Waals surface area contributed by atoms with Gasteiger partial charge in [-0.15, -0.1) is 5.10 Å². The molecule has 98 valence electrons. The van der Waals surface area contributed by atoms with Crippen LogP contribution in [0.4, 0.5) is 0 Å². The van der Waals surface area contributed by atoms with Gasteiger partial charge in [0.25, 0.3) is 5.89 Å². The molecule has 0 saturated heterocycles. The van der Waals surface area contributed by atoms with Gasteiger partial charge in [0.15, 0.2) is 11.5 Å². The lowest BCUT2D eigenvalue weighted by atomic mass is 9.92. The summed E-state index contributed by atoms with van der Waals surface area (Å²) in [5.74, 6) is 1.09. The fraction of sp³-hybridized carbons (Fsp3) is 0.636. The lowest BCUT2D eigenvalue weighted by molar-refractivity contribution is 0.374. The van der Waals surface area contributed by atoms with E-state index in [0.29, 0.717) is 30.5 Å². The van der Waals surface area contributed by atoms with E-state index in [0.717, 1.165) is 6.42 Å². The van der Waals surface area contributed by atoms with Gasteiger partial charge in [-0.25, -0.2) is 0 Å². The van der Waals surface area contributed by atoms with Crippen LogP contribution in [-0.4, -0.2) is 31.7 Å². The molecule has 2 aromatic heterocycles. The minimum absolute atomic E-state index is 0.123. The standard InChI is InChI=1S/C11H18N6O/c1-11(2,3)6-9-13-10(18-15-9)8-7-17(5-4-12)16-14-8/h7H,4-6,12H2,1-3H3. The van der Waals surface area contributed by atoms with Crippen LogP contribution in [0.3, 0.4) is 0 Å². The first-order valence-corrected chi connectivity index (χ1v) is 5.91. The highest BCUT2D eigenvalue weighted by Gasteiger charge is 2.18. The van der Waals surface area contributed by atoms with Gasteiger partial charge >= 0.3 is 0 Å². The fourth-order valence-corrected chi connectivity index (χ4v) is 1.54. The van der Waals surface area contributed by atoms with E-state index in [1.54, 1.807) is 10.9 Å². The van der Waals surface area contributed by atoms with Crippen molar-refractivity contribution in [3.05, 3.63) is 12.0 Å². The van der Waals surface area contributed by atoms with Crippen molar-refractivity contribution in [2.45, 2.75) is 33.7 Å². The summed E-state index contributed by atoms with van der Waals surface area (Å²) < 4.78 is 6.84. The topological polar surface area (TPSA) is 95.7 Å². The van der Waals surface area contributed by atoms with Gasteiger partial charge in [-0.3, -0.25) is 4.68 Å². The number of nitrogens with two attached hydrogens (primary N) is 1. The quantitative estimate of drug-likeness (QED) is 0.865. The summed E-state index contributed by atoms with van der Waals surface area (Å²) in [5.41, 5.74) is 6.15. The van der Waals surface area contributed by atoms with E-state index < -0.39 is 0 Å². The van der Waals surface area contributed by atoms with Crippen LogP contribution in [0.15, 0.2) is 10.7 Å². The third-order valence-electron chi connectivity index (χ3n) is 2.27. The molecule has 0 aliphatic carbocycles. The molecule has 0 spiro atoms. The molecule has 0 amide bonds. The summed E-state index contributed by atoms with van der Waals surface area (Å²) in [7, 11) is 0. The van der Waals surface area contributed by atoms with Crippen molar-refractivity contribution < 1.29 is 4.52 Å². The van der Waals surface area contributed by atoms with Gasteiger partial charge in [-0.1, -0.05) is 31.1 Å². The van der Waals surface area contributed by atoms with Gasteiger partial charge in [0, 0.05) is 13.0 Å². The Bertz CT molecular complexity index is 510. The van der Waals surface area contributed by atoms with Crippen molar-refractivity contribution in [3.8, 4) is 11.6 Å². The first kappa shape index (κ1) is 12.7. The molecule has 2 aromatic rings. The van der Waals surface area contributed by atoms with E-state index in [9.17, 15) is 0 Å². The van der Waals surface area contributed by atoms with Gasteiger partial charge in [-0.05, 0) is 5.41 Å². The summed E-state index contributed by atoms with van der Waals surface area (Å²) in [6, 6.07) is 0. The molecule has 0 fully saturated rings. The summed E-state index contributed by atoms with van der Waals surface area (Å²) in [4.78, 5) is 4.31. The molecule has 2 heterocycles. The maximum atomic E-state index is 5.44. The Labute approximate surface area is 105 Å². The molecule has 0 aliphatic rings. The first-order valence-electron chi connectivity index (χ1n) is 5.91. The van der Waals surface area contributed by atoms with Gasteiger partial charge in [0.2, 0.25) is 0 Å². The maximum Gasteiger partial charge on any atom is 0.280 e. The van der Waals surface area contributed by atoms with Gasteiger partial charge in [-0.2, -0.15) is 4.98 Å². The molecule has 0 atom stereocenters. The van der Waals surface area contributed by atoms with Crippen LogP contribution in [0, 0.1) is 5.41 Å². The van der Waals surface area contributed by atoms with Crippen molar-refractivity contribution in [1.29, 1.82) is 0 Å². The van der Waals surface area contributed by atoms with E-state index >= 15 is 0 Å². The summed E-state index contributed by atoms with van der Waals surface area (Å²) >= 11 is 0. The number of rotatable bonds is 4. The highest BCUT2D eigenvalue weighted by molar-refractivity contribution is 5.43. The van der Waals surface area contributed by atoms with Crippen LogP contribution in [-0.2, 0) is 13.0 Å². The average molecular weight is 250 g/mol. The normalized spacial score (nSPS) is 12.0. The van der Waals surface area contributed by atoms with Crippen LogP contribution < -0.4 is 5.73 Å². The van der Waals surface area contributed by atoms with Crippen molar-refractivity contribution in [1.82, 2.24) is 25.1 Å². The molecule has 0 saturated carbocycles. The Kier molecular flexibility index (Phi) is 3.42. The molecule has 0 bridgehead atoms. The fourth-order valence-electron chi connectivity index (χ4n) is 1.54. The molecule has 0 aliphatic heterocycles. The first-order chi connectivity index (χ1) is 8.48. The molecular weight excluding hydrogens is 232 g/mol. The van der Waals surface area contributed by atoms with Crippen molar-refractivity contribution >= 4 is 0 Å². The van der Waals surface area contributed by atoms with E-state index in [1.807, 2.05) is 0 Å². The molecule has 18 heavy (non-hydrogen) atoms. The Hall–Kier alpha value is -1.76. The number of hydrogen-bond donors (Lipinski definition) is 1. The van der Waals surface area contributed by atoms with Crippen molar-refractivity contribution in [3.63, 3.8) is 0 Å². The van der Waals surface area contributed by atoms with Crippen molar-refractivity contribution in [2.24, 2.45) is 11.1 Å². The molecule has 0 radical (unpaired) electrons. The van der Waals surface area contributed by atoms with Gasteiger partial charge in [0.05, 0.1) is 12.7 Å². The molecule has 2 N–H and O–H groups in total. The Morgan fingerprint density at radius 1 is 1.39 bits per heavy atom. The zero-order valence-corrected chi connectivity index (χ0v) is 10.9. The molecular formula is C11H18N6O. The Morgan fingerprint density at radius 2 is 2.17 bits per heavy atom. The third-order valence-corrected chi connectivity index (χ3v) is 2.27. The van der Waals surface area contributed by atoms with Gasteiger partial charge in [0.1, 0.15) is 0 Å². The number of aromatic nitrogens is 5. The van der Waals surface area contributed by atoms with E-state index in [2.05, 4.69) is 41.2 Å². The number of hydrogen-bond acceptors (Lipinski definition) is 6. The monoisotopic (exact) mass is 250 g/mol. The molecule has 0 aromatic carbocycles. The predicted octanol–water partition coefficient (Wildman–Crippen LogP) is 0.875. The zero-order chi connectivity index (χ0) is 13.2. The van der Waals surface area contributed by atoms with E-state index in [4.69, 9.17) is 10.3 Å². The zero-order valence-electron chi connectivity index (χ0n) is 10.9. The lowest BCUT2D eigenvalue weighted by Gasteiger charge is -2.14. The van der Waals surface area contributed by atoms with E-state index in [1.165, 1.54) is 0 Å². The average Bonchev–Trinajstić information content (AvgIpc) is 2.85. The maximum absolute atomic E-state index is 5.44. The van der Waals surface area contributed by atoms with Gasteiger partial charge < -0.3 is 10.3 Å². The molecule has 7 nitrogen and oxygen atoms in total. The highest BCUT2D eigenvalue weighted by Crippen LogP contribution is 2.20. The molecule has 2 rings (SSSR count). The largest absolute Gasteiger partial charge is 0.332 e. The number of nitrogens with zero attached hydrogens (tertiary/aromatic N) is 5. The smallest absolute Gasteiger partial charge is 0.280 e. The van der Waals surface area contributed by atoms with E-state index in [-0.39, 0.29) is 5.41 Å². The van der Waals surface area contributed by atoms with Crippen LogP contribution in [0.25, 0.3) is 11.6 Å². The summed E-state index contributed by atoms with van der Waals surface area (Å²) in [6.07, 6.45) is 2.51. The third kappa shape index (κ3) is 3.13. The Balaban J connectivity index is 2.13. The minimum atomic E-state index is 0.123. The SMILES string of the molecule is CC(C)(C)Cc1noc(-c2cn(CCN)nn2)n1. The lowest BCUT2D eigenvalue weighted by Crippen LogP contribution is -2.10. The van der Waals surface area contributed by atoms with Crippen molar-refractivity contribution in [2.75, 3.05) is 6.54 Å². The summed E-state index contributed by atoms with van der Waals surface area (Å²) in [5, 5.41) is 11.8. The summed E-state index contributed by atoms with van der Waals surface area (Å²) in [6.45, 7) is 7.51. The van der Waals surface area contributed by atoms with Crippen LogP contribution in [0.2, 0.25) is 0 Å². The second kappa shape index (κ2) is 4.85. The second-order valence-electron chi connectivity index (χ2n) is 5.41. The minimum Gasteiger partial charge on any atom is -0.332 e. The van der Waals surface area contributed by atoms with Crippen LogP contribution >= 0.6 is 0 Å². The molecule has 0 unspecified atom stereocenters. The highest BCUT2D eigenvalue weighted by atomic mass is 16.5. The predicted molar refractivity (Wildman–Crippen MR) is 65.5 cm³/mol. The molecule has 7 heteroatoms.